The number of aryl methyl sites for hydroxylation is 1. The molecule has 5 nitrogen and oxygen atoms in total. The van der Waals surface area contributed by atoms with Gasteiger partial charge in [0, 0.05) is 6.54 Å². The first-order chi connectivity index (χ1) is 10.8. The number of ether oxygens (including phenoxy) is 1. The maximum Gasteiger partial charge on any atom is 0.237 e. The molecular formula is C17H23NO4S. The molecule has 2 aliphatic rings. The van der Waals surface area contributed by atoms with Crippen molar-refractivity contribution in [3.63, 3.8) is 0 Å². The minimum absolute atomic E-state index is 0.314. The molecule has 1 fully saturated rings. The molecule has 0 N–H and O–H groups in total. The lowest BCUT2D eigenvalue weighted by atomic mass is 9.93. The molecule has 0 aromatic heterocycles. The number of carbonyl (C=O) groups excluding carboxylic acids is 1. The number of morpholine rings is 1. The van der Waals surface area contributed by atoms with Gasteiger partial charge in [-0.2, -0.15) is 0 Å². The topological polar surface area (TPSA) is 63.7 Å². The number of nitrogens with zero attached hydrogens (tertiary/aromatic N) is 1. The molecule has 1 saturated heterocycles. The monoisotopic (exact) mass is 337 g/mol. The molecule has 0 bridgehead atoms. The van der Waals surface area contributed by atoms with Crippen molar-refractivity contribution in [1.29, 1.82) is 0 Å². The number of sulfone groups is 1. The quantitative estimate of drug-likeness (QED) is 0.839. The van der Waals surface area contributed by atoms with Gasteiger partial charge >= 0.3 is 0 Å². The maximum atomic E-state index is 12.5. The number of carbonyl (C=O) groups is 1. The Hall–Kier alpha value is -1.40. The summed E-state index contributed by atoms with van der Waals surface area (Å²) in [5.41, 5.74) is 1.94. The summed E-state index contributed by atoms with van der Waals surface area (Å²) in [6, 6.07) is 8.15. The smallest absolute Gasteiger partial charge is 0.237 e. The van der Waals surface area contributed by atoms with Gasteiger partial charge in [-0.05, 0) is 37.8 Å². The second-order valence-corrected chi connectivity index (χ2v) is 9.23. The Morgan fingerprint density at radius 1 is 1.35 bits per heavy atom. The van der Waals surface area contributed by atoms with Crippen LogP contribution >= 0.6 is 0 Å². The van der Waals surface area contributed by atoms with Crippen molar-refractivity contribution >= 4 is 15.7 Å². The van der Waals surface area contributed by atoms with E-state index < -0.39 is 26.4 Å². The Labute approximate surface area is 137 Å². The van der Waals surface area contributed by atoms with Crippen molar-refractivity contribution in [3.05, 3.63) is 35.4 Å². The lowest BCUT2D eigenvalue weighted by molar-refractivity contribution is -0.150. The van der Waals surface area contributed by atoms with E-state index >= 15 is 0 Å². The number of hydrogen-bond donors (Lipinski definition) is 0. The molecule has 1 aliphatic carbocycles. The molecule has 23 heavy (non-hydrogen) atoms. The van der Waals surface area contributed by atoms with Crippen LogP contribution in [0, 0.1) is 0 Å². The van der Waals surface area contributed by atoms with Gasteiger partial charge in [-0.15, -0.1) is 0 Å². The van der Waals surface area contributed by atoms with Gasteiger partial charge in [-0.25, -0.2) is 8.42 Å². The number of hydrogen-bond acceptors (Lipinski definition) is 4. The van der Waals surface area contributed by atoms with Gasteiger partial charge in [0.25, 0.3) is 0 Å². The highest BCUT2D eigenvalue weighted by molar-refractivity contribution is 7.92. The highest BCUT2D eigenvalue weighted by Crippen LogP contribution is 2.42. The van der Waals surface area contributed by atoms with Gasteiger partial charge in [0.15, 0.2) is 9.84 Å². The number of benzene rings is 1. The Morgan fingerprint density at radius 3 is 2.83 bits per heavy atom. The molecule has 0 radical (unpaired) electrons. The lowest BCUT2D eigenvalue weighted by Crippen LogP contribution is -2.52. The molecule has 0 saturated carbocycles. The molecule has 1 aromatic carbocycles. The first kappa shape index (κ1) is 16.5. The van der Waals surface area contributed by atoms with Gasteiger partial charge in [0.1, 0.15) is 11.4 Å². The molecule has 6 heteroatoms. The fourth-order valence-electron chi connectivity index (χ4n) is 3.40. The predicted molar refractivity (Wildman–Crippen MR) is 87.9 cm³/mol. The molecule has 1 aliphatic heterocycles. The Balaban J connectivity index is 1.79. The van der Waals surface area contributed by atoms with E-state index in [2.05, 4.69) is 12.1 Å². The zero-order valence-electron chi connectivity index (χ0n) is 13.6. The summed E-state index contributed by atoms with van der Waals surface area (Å²) < 4.78 is 30.1. The van der Waals surface area contributed by atoms with E-state index in [0.29, 0.717) is 19.7 Å². The van der Waals surface area contributed by atoms with Crippen LogP contribution in [0.3, 0.4) is 0 Å². The summed E-state index contributed by atoms with van der Waals surface area (Å²) in [5.74, 6) is -0.728. The van der Waals surface area contributed by atoms with Crippen LogP contribution in [-0.4, -0.2) is 49.9 Å². The molecule has 1 heterocycles. The molecule has 3 rings (SSSR count). The summed E-state index contributed by atoms with van der Waals surface area (Å²) in [6.45, 7) is 4.56. The van der Waals surface area contributed by atoms with Gasteiger partial charge in [0.05, 0.1) is 18.4 Å². The number of amides is 1. The van der Waals surface area contributed by atoms with Crippen LogP contribution < -0.4 is 0 Å². The fourth-order valence-corrected chi connectivity index (χ4v) is 4.26. The normalized spacial score (nSPS) is 24.2. The van der Waals surface area contributed by atoms with Crippen molar-refractivity contribution in [1.82, 2.24) is 4.90 Å². The van der Waals surface area contributed by atoms with E-state index in [0.717, 1.165) is 18.4 Å². The van der Waals surface area contributed by atoms with Crippen molar-refractivity contribution < 1.29 is 17.9 Å². The zero-order chi connectivity index (χ0) is 16.7. The molecular weight excluding hydrogens is 314 g/mol. The standard InChI is InChI=1S/C17H23NO4S/c1-13(2)23(20,21)11-16(19)18-9-10-22-17(12-18)8-7-14-5-3-4-6-15(14)17/h3-6,13H,7-12H2,1-2H3. The summed E-state index contributed by atoms with van der Waals surface area (Å²) >= 11 is 0. The van der Waals surface area contributed by atoms with Crippen LogP contribution in [0.2, 0.25) is 0 Å². The van der Waals surface area contributed by atoms with E-state index in [9.17, 15) is 13.2 Å². The SMILES string of the molecule is CC(C)S(=O)(=O)CC(=O)N1CCOC2(CCc3ccccc32)C1. The van der Waals surface area contributed by atoms with Crippen LogP contribution in [0.25, 0.3) is 0 Å². The predicted octanol–water partition coefficient (Wildman–Crippen LogP) is 1.51. The van der Waals surface area contributed by atoms with Crippen molar-refractivity contribution in [2.24, 2.45) is 0 Å². The highest BCUT2D eigenvalue weighted by Gasteiger charge is 2.44. The fraction of sp³-hybridized carbons (Fsp3) is 0.588. The molecule has 126 valence electrons. The average molecular weight is 337 g/mol. The second-order valence-electron chi connectivity index (χ2n) is 6.67. The van der Waals surface area contributed by atoms with Crippen LogP contribution in [0.15, 0.2) is 24.3 Å². The second kappa shape index (κ2) is 5.91. The lowest BCUT2D eigenvalue weighted by Gasteiger charge is -2.41. The number of rotatable bonds is 3. The van der Waals surface area contributed by atoms with E-state index in [1.54, 1.807) is 18.7 Å². The van der Waals surface area contributed by atoms with Gasteiger partial charge in [-0.1, -0.05) is 24.3 Å². The van der Waals surface area contributed by atoms with Crippen LogP contribution in [-0.2, 0) is 31.4 Å². The van der Waals surface area contributed by atoms with Crippen molar-refractivity contribution in [3.8, 4) is 0 Å². The van der Waals surface area contributed by atoms with Crippen LogP contribution in [0.1, 0.15) is 31.4 Å². The minimum Gasteiger partial charge on any atom is -0.367 e. The molecule has 1 atom stereocenters. The maximum absolute atomic E-state index is 12.5. The Bertz CT molecular complexity index is 709. The summed E-state index contributed by atoms with van der Waals surface area (Å²) in [4.78, 5) is 14.1. The highest BCUT2D eigenvalue weighted by atomic mass is 32.2. The molecule has 1 unspecified atom stereocenters. The molecule has 1 spiro atoms. The first-order valence-corrected chi connectivity index (χ1v) is 9.77. The number of fused-ring (bicyclic) bond motifs is 2. The minimum atomic E-state index is -3.37. The van der Waals surface area contributed by atoms with E-state index in [1.165, 1.54) is 5.56 Å². The largest absolute Gasteiger partial charge is 0.367 e. The zero-order valence-corrected chi connectivity index (χ0v) is 14.4. The third-order valence-corrected chi connectivity index (χ3v) is 6.97. The van der Waals surface area contributed by atoms with E-state index in [1.807, 2.05) is 12.1 Å². The van der Waals surface area contributed by atoms with Gasteiger partial charge < -0.3 is 9.64 Å². The molecule has 1 aromatic rings. The van der Waals surface area contributed by atoms with Crippen LogP contribution in [0.5, 0.6) is 0 Å². The third-order valence-electron chi connectivity index (χ3n) is 4.89. The summed E-state index contributed by atoms with van der Waals surface area (Å²) in [6.07, 6.45) is 1.77. The molecule has 1 amide bonds. The van der Waals surface area contributed by atoms with E-state index in [-0.39, 0.29) is 5.91 Å². The van der Waals surface area contributed by atoms with Gasteiger partial charge in [0.2, 0.25) is 5.91 Å². The van der Waals surface area contributed by atoms with Crippen molar-refractivity contribution in [2.45, 2.75) is 37.5 Å². The van der Waals surface area contributed by atoms with E-state index in [4.69, 9.17) is 4.74 Å². The van der Waals surface area contributed by atoms with Gasteiger partial charge in [-0.3, -0.25) is 4.79 Å². The average Bonchev–Trinajstić information content (AvgIpc) is 2.86. The third kappa shape index (κ3) is 3.02. The Morgan fingerprint density at radius 2 is 2.09 bits per heavy atom. The summed E-state index contributed by atoms with van der Waals surface area (Å²) in [5, 5.41) is -0.534. The summed E-state index contributed by atoms with van der Waals surface area (Å²) in [7, 11) is -3.37. The first-order valence-electron chi connectivity index (χ1n) is 8.06. The Kier molecular flexibility index (Phi) is 4.23. The van der Waals surface area contributed by atoms with Crippen LogP contribution in [0.4, 0.5) is 0 Å². The van der Waals surface area contributed by atoms with Crippen molar-refractivity contribution in [2.75, 3.05) is 25.4 Å².